The van der Waals surface area contributed by atoms with Crippen LogP contribution in [0.4, 0.5) is 5.13 Å². The molecular weight excluding hydrogens is 312 g/mol. The van der Waals surface area contributed by atoms with Crippen LogP contribution < -0.4 is 5.32 Å². The molecule has 1 aliphatic carbocycles. The van der Waals surface area contributed by atoms with E-state index < -0.39 is 0 Å². The summed E-state index contributed by atoms with van der Waals surface area (Å²) in [7, 11) is 0. The molecule has 6 nitrogen and oxygen atoms in total. The zero-order valence-electron chi connectivity index (χ0n) is 14.3. The highest BCUT2D eigenvalue weighted by molar-refractivity contribution is 7.15. The first-order valence-electron chi connectivity index (χ1n) is 8.47. The average molecular weight is 338 g/mol. The molecule has 1 aromatic rings. The zero-order chi connectivity index (χ0) is 16.6. The Morgan fingerprint density at radius 1 is 1.26 bits per heavy atom. The number of aromatic nitrogens is 2. The second-order valence-corrected chi connectivity index (χ2v) is 8.12. The van der Waals surface area contributed by atoms with Gasteiger partial charge in [-0.25, -0.2) is 0 Å². The number of hydrogen-bond donors (Lipinski definition) is 1. The molecule has 1 aromatic heterocycles. The van der Waals surface area contributed by atoms with E-state index in [0.29, 0.717) is 11.0 Å². The van der Waals surface area contributed by atoms with Gasteiger partial charge in [0.25, 0.3) is 0 Å². The topological polar surface area (TPSA) is 67.4 Å². The standard InChI is InChI=1S/C16H26N4O2S/c1-9(2)13(20-7-10(3)22-11(4)8-20)14(21)17-16-19-18-15(23-16)12-5-6-12/h9-13H,5-8H2,1-4H3,(H,17,19,21). The van der Waals surface area contributed by atoms with Gasteiger partial charge < -0.3 is 4.74 Å². The van der Waals surface area contributed by atoms with E-state index >= 15 is 0 Å². The van der Waals surface area contributed by atoms with E-state index in [9.17, 15) is 4.79 Å². The first-order chi connectivity index (χ1) is 10.9. The van der Waals surface area contributed by atoms with Crippen LogP contribution in [0.2, 0.25) is 0 Å². The largest absolute Gasteiger partial charge is 0.373 e. The molecule has 1 amide bonds. The summed E-state index contributed by atoms with van der Waals surface area (Å²) in [5.74, 6) is 0.808. The van der Waals surface area contributed by atoms with E-state index in [0.717, 1.165) is 18.1 Å². The number of nitrogens with zero attached hydrogens (tertiary/aromatic N) is 3. The van der Waals surface area contributed by atoms with Crippen LogP contribution in [0.25, 0.3) is 0 Å². The molecule has 0 spiro atoms. The molecule has 0 bridgehead atoms. The third-order valence-electron chi connectivity index (χ3n) is 4.34. The monoisotopic (exact) mass is 338 g/mol. The lowest BCUT2D eigenvalue weighted by molar-refractivity contribution is -0.130. The molecule has 3 rings (SSSR count). The summed E-state index contributed by atoms with van der Waals surface area (Å²) in [6.45, 7) is 9.86. The summed E-state index contributed by atoms with van der Waals surface area (Å²) in [5.41, 5.74) is 0. The molecule has 128 valence electrons. The zero-order valence-corrected chi connectivity index (χ0v) is 15.1. The Labute approximate surface area is 141 Å². The summed E-state index contributed by atoms with van der Waals surface area (Å²) in [6.07, 6.45) is 2.69. The average Bonchev–Trinajstić information content (AvgIpc) is 3.18. The number of carbonyl (C=O) groups excluding carboxylic acids is 1. The van der Waals surface area contributed by atoms with E-state index in [2.05, 4.69) is 48.1 Å². The summed E-state index contributed by atoms with van der Waals surface area (Å²) in [4.78, 5) is 15.0. The first kappa shape index (κ1) is 16.8. The highest BCUT2D eigenvalue weighted by atomic mass is 32.1. The lowest BCUT2D eigenvalue weighted by Crippen LogP contribution is -2.55. The number of carbonyl (C=O) groups is 1. The fourth-order valence-corrected chi connectivity index (χ4v) is 4.21. The predicted octanol–water partition coefficient (Wildman–Crippen LogP) is 2.49. The number of hydrogen-bond acceptors (Lipinski definition) is 6. The summed E-state index contributed by atoms with van der Waals surface area (Å²) < 4.78 is 5.79. The third-order valence-corrected chi connectivity index (χ3v) is 5.34. The van der Waals surface area contributed by atoms with E-state index in [1.165, 1.54) is 24.2 Å². The highest BCUT2D eigenvalue weighted by Crippen LogP contribution is 2.42. The quantitative estimate of drug-likeness (QED) is 0.893. The van der Waals surface area contributed by atoms with E-state index in [-0.39, 0.29) is 30.1 Å². The fraction of sp³-hybridized carbons (Fsp3) is 0.812. The Hall–Kier alpha value is -1.05. The van der Waals surface area contributed by atoms with Gasteiger partial charge >= 0.3 is 0 Å². The molecule has 0 aromatic carbocycles. The van der Waals surface area contributed by atoms with Crippen molar-refractivity contribution in [2.45, 2.75) is 64.7 Å². The van der Waals surface area contributed by atoms with Crippen molar-refractivity contribution >= 4 is 22.4 Å². The van der Waals surface area contributed by atoms with Crippen LogP contribution in [0, 0.1) is 5.92 Å². The number of morpholine rings is 1. The van der Waals surface area contributed by atoms with Gasteiger partial charge in [-0.15, -0.1) is 10.2 Å². The maximum atomic E-state index is 12.8. The van der Waals surface area contributed by atoms with Crippen molar-refractivity contribution in [3.63, 3.8) is 0 Å². The van der Waals surface area contributed by atoms with E-state index in [1.54, 1.807) is 0 Å². The fourth-order valence-electron chi connectivity index (χ4n) is 3.29. The molecule has 3 unspecified atom stereocenters. The van der Waals surface area contributed by atoms with Gasteiger partial charge in [-0.1, -0.05) is 25.2 Å². The number of amides is 1. The van der Waals surface area contributed by atoms with Crippen molar-refractivity contribution in [1.29, 1.82) is 0 Å². The van der Waals surface area contributed by atoms with Crippen LogP contribution >= 0.6 is 11.3 Å². The number of nitrogens with one attached hydrogen (secondary N) is 1. The molecule has 2 aliphatic rings. The van der Waals surface area contributed by atoms with Gasteiger partial charge in [0.2, 0.25) is 11.0 Å². The van der Waals surface area contributed by atoms with Gasteiger partial charge in [0.1, 0.15) is 5.01 Å². The molecule has 2 fully saturated rings. The minimum Gasteiger partial charge on any atom is -0.373 e. The Balaban J connectivity index is 1.67. The number of ether oxygens (including phenoxy) is 1. The second kappa shape index (κ2) is 6.83. The van der Waals surface area contributed by atoms with Crippen molar-refractivity contribution in [3.8, 4) is 0 Å². The lowest BCUT2D eigenvalue weighted by Gasteiger charge is -2.40. The van der Waals surface area contributed by atoms with Crippen LogP contribution in [0.15, 0.2) is 0 Å². The Morgan fingerprint density at radius 3 is 2.48 bits per heavy atom. The SMILES string of the molecule is CC1CN(C(C(=O)Nc2nnc(C3CC3)s2)C(C)C)CC(C)O1. The highest BCUT2D eigenvalue weighted by Gasteiger charge is 2.35. The molecule has 1 saturated heterocycles. The molecule has 3 atom stereocenters. The molecule has 23 heavy (non-hydrogen) atoms. The Bertz CT molecular complexity index is 548. The smallest absolute Gasteiger partial charge is 0.243 e. The van der Waals surface area contributed by atoms with Crippen LogP contribution in [-0.2, 0) is 9.53 Å². The molecular formula is C16H26N4O2S. The molecule has 1 aliphatic heterocycles. The van der Waals surface area contributed by atoms with Gasteiger partial charge in [0.15, 0.2) is 0 Å². The first-order valence-corrected chi connectivity index (χ1v) is 9.29. The van der Waals surface area contributed by atoms with Crippen molar-refractivity contribution in [2.24, 2.45) is 5.92 Å². The van der Waals surface area contributed by atoms with Gasteiger partial charge in [0, 0.05) is 19.0 Å². The minimum absolute atomic E-state index is 0.0137. The van der Waals surface area contributed by atoms with Crippen LogP contribution in [0.5, 0.6) is 0 Å². The Kier molecular flexibility index (Phi) is 4.98. The number of rotatable bonds is 5. The van der Waals surface area contributed by atoms with Crippen LogP contribution in [0.3, 0.4) is 0 Å². The molecule has 2 heterocycles. The van der Waals surface area contributed by atoms with Gasteiger partial charge in [-0.2, -0.15) is 0 Å². The summed E-state index contributed by atoms with van der Waals surface area (Å²) in [6, 6.07) is -0.169. The molecule has 1 N–H and O–H groups in total. The second-order valence-electron chi connectivity index (χ2n) is 7.11. The maximum Gasteiger partial charge on any atom is 0.243 e. The van der Waals surface area contributed by atoms with E-state index in [1.807, 2.05) is 0 Å². The number of anilines is 1. The molecule has 1 saturated carbocycles. The van der Waals surface area contributed by atoms with Gasteiger partial charge in [-0.3, -0.25) is 15.0 Å². The Morgan fingerprint density at radius 2 is 1.91 bits per heavy atom. The molecule has 7 heteroatoms. The maximum absolute atomic E-state index is 12.8. The van der Waals surface area contributed by atoms with Gasteiger partial charge in [-0.05, 0) is 32.6 Å². The van der Waals surface area contributed by atoms with Crippen molar-refractivity contribution in [2.75, 3.05) is 18.4 Å². The summed E-state index contributed by atoms with van der Waals surface area (Å²) in [5, 5.41) is 13.0. The molecule has 0 radical (unpaired) electrons. The normalized spacial score (nSPS) is 27.2. The van der Waals surface area contributed by atoms with E-state index in [4.69, 9.17) is 4.74 Å². The summed E-state index contributed by atoms with van der Waals surface area (Å²) >= 11 is 1.51. The lowest BCUT2D eigenvalue weighted by atomic mass is 10.00. The van der Waals surface area contributed by atoms with Crippen molar-refractivity contribution < 1.29 is 9.53 Å². The van der Waals surface area contributed by atoms with Gasteiger partial charge in [0.05, 0.1) is 18.2 Å². The van der Waals surface area contributed by atoms with Crippen molar-refractivity contribution in [3.05, 3.63) is 5.01 Å². The van der Waals surface area contributed by atoms with Crippen LogP contribution in [-0.4, -0.2) is 52.3 Å². The van der Waals surface area contributed by atoms with Crippen LogP contribution in [0.1, 0.15) is 51.5 Å². The van der Waals surface area contributed by atoms with Crippen molar-refractivity contribution in [1.82, 2.24) is 15.1 Å². The predicted molar refractivity (Wildman–Crippen MR) is 90.7 cm³/mol. The minimum atomic E-state index is -0.169. The third kappa shape index (κ3) is 4.08.